The van der Waals surface area contributed by atoms with Crippen molar-refractivity contribution < 1.29 is 13.6 Å². The number of rotatable bonds is 7. The van der Waals surface area contributed by atoms with Crippen LogP contribution in [-0.2, 0) is 11.3 Å². The Morgan fingerprint density at radius 2 is 2.11 bits per heavy atom. The lowest BCUT2D eigenvalue weighted by Gasteiger charge is -2.17. The van der Waals surface area contributed by atoms with E-state index in [-0.39, 0.29) is 24.0 Å². The molecule has 0 aliphatic rings. The summed E-state index contributed by atoms with van der Waals surface area (Å²) in [5, 5.41) is 7.35. The summed E-state index contributed by atoms with van der Waals surface area (Å²) in [7, 11) is 1.65. The van der Waals surface area contributed by atoms with E-state index < -0.39 is 0 Å². The highest BCUT2D eigenvalue weighted by Gasteiger charge is 2.13. The van der Waals surface area contributed by atoms with Crippen LogP contribution < -0.4 is 0 Å². The van der Waals surface area contributed by atoms with E-state index in [4.69, 9.17) is 4.42 Å². The molecule has 1 N–H and O–H groups in total. The number of aryl methyl sites for hydroxylation is 1. The molecule has 3 aromatic rings. The summed E-state index contributed by atoms with van der Waals surface area (Å²) in [5.74, 6) is 1.85. The molecule has 0 aliphatic heterocycles. The maximum Gasteiger partial charge on any atom is 0.233 e. The number of nitrogens with one attached hydrogen (secondary N) is 1. The van der Waals surface area contributed by atoms with Crippen LogP contribution in [0.5, 0.6) is 0 Å². The number of hydrogen-bond donors (Lipinski definition) is 1. The van der Waals surface area contributed by atoms with Crippen molar-refractivity contribution in [2.45, 2.75) is 18.6 Å². The van der Waals surface area contributed by atoms with Crippen LogP contribution in [0.1, 0.15) is 22.9 Å². The van der Waals surface area contributed by atoms with Crippen molar-refractivity contribution in [3.8, 4) is 0 Å². The summed E-state index contributed by atoms with van der Waals surface area (Å²) < 4.78 is 19.1. The van der Waals surface area contributed by atoms with Crippen LogP contribution in [-0.4, -0.2) is 38.8 Å². The molecule has 0 unspecified atom stereocenters. The van der Waals surface area contributed by atoms with E-state index >= 15 is 0 Å². The highest BCUT2D eigenvalue weighted by atomic mass is 32.2. The third kappa shape index (κ3) is 5.30. The first-order valence-electron chi connectivity index (χ1n) is 8.28. The number of hydrogen-bond acceptors (Lipinski definition) is 5. The van der Waals surface area contributed by atoms with E-state index in [0.717, 1.165) is 11.5 Å². The first-order chi connectivity index (χ1) is 13.0. The van der Waals surface area contributed by atoms with Crippen LogP contribution in [0.4, 0.5) is 4.39 Å². The maximum atomic E-state index is 13.7. The van der Waals surface area contributed by atoms with Crippen molar-refractivity contribution in [2.75, 3.05) is 12.8 Å². The summed E-state index contributed by atoms with van der Waals surface area (Å²) in [5.41, 5.74) is 0.483. The van der Waals surface area contributed by atoms with Crippen LogP contribution in [0.15, 0.2) is 46.0 Å². The lowest BCUT2D eigenvalue weighted by molar-refractivity contribution is -0.127. The molecule has 0 saturated carbocycles. The minimum atomic E-state index is -0.318. The molecule has 27 heavy (non-hydrogen) atoms. The number of nitrogens with zero attached hydrogens (tertiary/aromatic N) is 3. The molecule has 0 atom stereocenters. The molecule has 0 radical (unpaired) electrons. The van der Waals surface area contributed by atoms with Gasteiger partial charge >= 0.3 is 0 Å². The fourth-order valence-corrected chi connectivity index (χ4v) is 3.05. The van der Waals surface area contributed by atoms with Gasteiger partial charge in [-0.1, -0.05) is 30.0 Å². The fraction of sp³-hybridized carbons (Fsp3) is 0.211. The maximum absolute atomic E-state index is 13.7. The second-order valence-electron chi connectivity index (χ2n) is 5.91. The summed E-state index contributed by atoms with van der Waals surface area (Å²) in [4.78, 5) is 18.0. The average Bonchev–Trinajstić information content (AvgIpc) is 3.28. The van der Waals surface area contributed by atoms with Gasteiger partial charge in [0.25, 0.3) is 0 Å². The van der Waals surface area contributed by atoms with Gasteiger partial charge in [0.1, 0.15) is 23.2 Å². The number of halogens is 1. The number of benzene rings is 1. The molecule has 0 aliphatic carbocycles. The second kappa shape index (κ2) is 8.68. The SMILES string of the molecule is Cc1ccc(/C=C/c2nc(SCC(=O)N(C)Cc3ccccc3F)n[nH]2)o1. The molecule has 8 heteroatoms. The number of carbonyl (C=O) groups excluding carboxylic acids is 1. The number of aromatic nitrogens is 3. The van der Waals surface area contributed by atoms with Gasteiger partial charge in [-0.3, -0.25) is 9.89 Å². The summed E-state index contributed by atoms with van der Waals surface area (Å²) in [6, 6.07) is 10.2. The van der Waals surface area contributed by atoms with Crippen LogP contribution in [0, 0.1) is 12.7 Å². The van der Waals surface area contributed by atoms with Gasteiger partial charge in [0.05, 0.1) is 5.75 Å². The zero-order valence-corrected chi connectivity index (χ0v) is 15.8. The molecule has 2 heterocycles. The molecule has 1 aromatic carbocycles. The Morgan fingerprint density at radius 1 is 1.30 bits per heavy atom. The minimum absolute atomic E-state index is 0.129. The molecule has 0 fully saturated rings. The molecule has 0 saturated heterocycles. The second-order valence-corrected chi connectivity index (χ2v) is 6.86. The Balaban J connectivity index is 1.51. The van der Waals surface area contributed by atoms with Gasteiger partial charge in [0.15, 0.2) is 0 Å². The quantitative estimate of drug-likeness (QED) is 0.626. The van der Waals surface area contributed by atoms with Crippen LogP contribution in [0.2, 0.25) is 0 Å². The standard InChI is InChI=1S/C19H19FN4O2S/c1-13-7-8-15(26-13)9-10-17-21-19(23-22-17)27-12-18(25)24(2)11-14-5-3-4-6-16(14)20/h3-10H,11-12H2,1-2H3,(H,21,22,23)/b10-9+. The Bertz CT molecular complexity index is 951. The van der Waals surface area contributed by atoms with E-state index in [2.05, 4.69) is 15.2 Å². The third-order valence-electron chi connectivity index (χ3n) is 3.76. The highest BCUT2D eigenvalue weighted by molar-refractivity contribution is 7.99. The van der Waals surface area contributed by atoms with Crippen molar-refractivity contribution in [1.29, 1.82) is 0 Å². The minimum Gasteiger partial charge on any atom is -0.462 e. The molecule has 1 amide bonds. The highest BCUT2D eigenvalue weighted by Crippen LogP contribution is 2.16. The van der Waals surface area contributed by atoms with E-state index in [1.54, 1.807) is 37.4 Å². The molecule has 0 bridgehead atoms. The van der Waals surface area contributed by atoms with E-state index in [1.807, 2.05) is 19.1 Å². The van der Waals surface area contributed by atoms with Crippen molar-refractivity contribution in [3.05, 3.63) is 65.1 Å². The average molecular weight is 386 g/mol. The zero-order valence-electron chi connectivity index (χ0n) is 15.0. The summed E-state index contributed by atoms with van der Waals surface area (Å²) >= 11 is 1.22. The van der Waals surface area contributed by atoms with Crippen LogP contribution in [0.25, 0.3) is 12.2 Å². The smallest absolute Gasteiger partial charge is 0.233 e. The van der Waals surface area contributed by atoms with Gasteiger partial charge < -0.3 is 9.32 Å². The molecular formula is C19H19FN4O2S. The van der Waals surface area contributed by atoms with E-state index in [0.29, 0.717) is 16.5 Å². The van der Waals surface area contributed by atoms with Gasteiger partial charge in [-0.15, -0.1) is 5.10 Å². The topological polar surface area (TPSA) is 75.0 Å². The summed E-state index contributed by atoms with van der Waals surface area (Å²) in [6.07, 6.45) is 3.54. The van der Waals surface area contributed by atoms with Crippen molar-refractivity contribution in [1.82, 2.24) is 20.1 Å². The fourth-order valence-electron chi connectivity index (χ4n) is 2.31. The molecular weight excluding hydrogens is 367 g/mol. The normalized spacial score (nSPS) is 11.2. The predicted octanol–water partition coefficient (Wildman–Crippen LogP) is 3.77. The van der Waals surface area contributed by atoms with Gasteiger partial charge in [-0.2, -0.15) is 0 Å². The largest absolute Gasteiger partial charge is 0.462 e. The number of aromatic amines is 1. The number of amides is 1. The zero-order chi connectivity index (χ0) is 19.2. The Morgan fingerprint density at radius 3 is 2.85 bits per heavy atom. The number of carbonyl (C=O) groups is 1. The Kier molecular flexibility index (Phi) is 6.08. The monoisotopic (exact) mass is 386 g/mol. The van der Waals surface area contributed by atoms with Gasteiger partial charge in [0.2, 0.25) is 11.1 Å². The Labute approximate surface area is 160 Å². The van der Waals surface area contributed by atoms with Gasteiger partial charge in [-0.05, 0) is 37.3 Å². The number of furan rings is 1. The molecule has 2 aromatic heterocycles. The molecule has 6 nitrogen and oxygen atoms in total. The molecule has 140 valence electrons. The summed E-state index contributed by atoms with van der Waals surface area (Å²) in [6.45, 7) is 2.09. The number of thioether (sulfide) groups is 1. The lowest BCUT2D eigenvalue weighted by atomic mass is 10.2. The van der Waals surface area contributed by atoms with Gasteiger partial charge in [-0.25, -0.2) is 9.37 Å². The van der Waals surface area contributed by atoms with Crippen LogP contribution >= 0.6 is 11.8 Å². The van der Waals surface area contributed by atoms with Gasteiger partial charge in [0, 0.05) is 19.2 Å². The van der Waals surface area contributed by atoms with E-state index in [1.165, 1.54) is 22.7 Å². The first-order valence-corrected chi connectivity index (χ1v) is 9.27. The lowest BCUT2D eigenvalue weighted by Crippen LogP contribution is -2.28. The van der Waals surface area contributed by atoms with Crippen molar-refractivity contribution in [2.24, 2.45) is 0 Å². The van der Waals surface area contributed by atoms with Crippen molar-refractivity contribution >= 4 is 29.8 Å². The predicted molar refractivity (Wildman–Crippen MR) is 102 cm³/mol. The Hall–Kier alpha value is -2.87. The molecule has 0 spiro atoms. The first kappa shape index (κ1) is 18.9. The van der Waals surface area contributed by atoms with Crippen molar-refractivity contribution in [3.63, 3.8) is 0 Å². The number of H-pyrrole nitrogens is 1. The third-order valence-corrected chi connectivity index (χ3v) is 4.60. The molecule has 3 rings (SSSR count). The van der Waals surface area contributed by atoms with E-state index in [9.17, 15) is 9.18 Å². The van der Waals surface area contributed by atoms with Crippen LogP contribution in [0.3, 0.4) is 0 Å².